The highest BCUT2D eigenvalue weighted by Crippen LogP contribution is 2.22. The van der Waals surface area contributed by atoms with Gasteiger partial charge in [0.05, 0.1) is 26.1 Å². The number of hydrogen-bond donors (Lipinski definition) is 3. The topological polar surface area (TPSA) is 150 Å². The number of hydrogen-bond acceptors (Lipinski definition) is 8. The summed E-state index contributed by atoms with van der Waals surface area (Å²) < 4.78 is 17.9. The van der Waals surface area contributed by atoms with Crippen LogP contribution < -0.4 is 16.0 Å². The molecular weight excluding hydrogens is 566 g/mol. The number of nitrogens with zero attached hydrogens (tertiary/aromatic N) is 2. The van der Waals surface area contributed by atoms with Crippen LogP contribution in [0.5, 0.6) is 0 Å². The van der Waals surface area contributed by atoms with Gasteiger partial charge in [-0.25, -0.2) is 14.6 Å². The Bertz CT molecular complexity index is 1400. The van der Waals surface area contributed by atoms with Gasteiger partial charge in [-0.15, -0.1) is 0 Å². The maximum Gasteiger partial charge on any atom is 0.408 e. The molecule has 1 aromatic heterocycles. The molecule has 0 aliphatic carbocycles. The van der Waals surface area contributed by atoms with Crippen molar-refractivity contribution in [2.24, 2.45) is 0 Å². The number of carbonyl (C=O) groups is 4. The molecule has 2 atom stereocenters. The lowest BCUT2D eigenvalue weighted by molar-refractivity contribution is -0.145. The van der Waals surface area contributed by atoms with Crippen LogP contribution in [0.2, 0.25) is 0 Å². The van der Waals surface area contributed by atoms with Gasteiger partial charge in [-0.2, -0.15) is 0 Å². The van der Waals surface area contributed by atoms with Crippen molar-refractivity contribution in [2.75, 3.05) is 18.5 Å². The zero-order chi connectivity index (χ0) is 32.3. The average molecular weight is 608 g/mol. The van der Waals surface area contributed by atoms with E-state index in [0.29, 0.717) is 5.56 Å². The Balaban J connectivity index is 1.77. The second kappa shape index (κ2) is 15.1. The van der Waals surface area contributed by atoms with Crippen molar-refractivity contribution in [3.8, 4) is 0 Å². The van der Waals surface area contributed by atoms with Crippen LogP contribution in [0.15, 0.2) is 73.2 Å². The molecule has 0 spiro atoms. The number of esters is 1. The molecule has 3 rings (SSSR count). The standard InChI is InChI=1S/C32H41N5O7/c1-7-43-28(39)26(23-16-12-9-13-17-23)37-18-25(33-21-37)35-27(38)24(20-42-19-22-14-10-8-11-15-22)34-29(40)32(5,6)36-30(41)44-31(2,3)4/h8-18,21,24,26H,7,19-20H2,1-6H3,(H,34,40)(H,35,38)(H,36,41). The third kappa shape index (κ3) is 10.2. The van der Waals surface area contributed by atoms with Crippen molar-refractivity contribution in [3.05, 3.63) is 84.3 Å². The van der Waals surface area contributed by atoms with Gasteiger partial charge < -0.3 is 34.7 Å². The van der Waals surface area contributed by atoms with Gasteiger partial charge >= 0.3 is 12.1 Å². The highest BCUT2D eigenvalue weighted by atomic mass is 16.6. The first-order valence-corrected chi connectivity index (χ1v) is 14.3. The van der Waals surface area contributed by atoms with Gasteiger partial charge in [0.25, 0.3) is 5.91 Å². The zero-order valence-electron chi connectivity index (χ0n) is 26.0. The SMILES string of the molecule is CCOC(=O)C(c1ccccc1)n1cnc(NC(=O)C(COCc2ccccc2)NC(=O)C(C)(C)NC(=O)OC(C)(C)C)c1. The predicted octanol–water partition coefficient (Wildman–Crippen LogP) is 3.98. The maximum absolute atomic E-state index is 13.5. The van der Waals surface area contributed by atoms with E-state index >= 15 is 0 Å². The normalized spacial score (nSPS) is 12.9. The number of anilines is 1. The zero-order valence-corrected chi connectivity index (χ0v) is 26.0. The van der Waals surface area contributed by atoms with E-state index in [0.717, 1.165) is 5.56 Å². The lowest BCUT2D eigenvalue weighted by Gasteiger charge is -2.29. The second-order valence-corrected chi connectivity index (χ2v) is 11.5. The third-order valence-electron chi connectivity index (χ3n) is 6.18. The number of carbonyl (C=O) groups excluding carboxylic acids is 4. The van der Waals surface area contributed by atoms with Crippen molar-refractivity contribution in [1.82, 2.24) is 20.2 Å². The number of aromatic nitrogens is 2. The highest BCUT2D eigenvalue weighted by Gasteiger charge is 2.35. The molecular formula is C32H41N5O7. The van der Waals surface area contributed by atoms with E-state index in [9.17, 15) is 19.2 Å². The maximum atomic E-state index is 13.5. The second-order valence-electron chi connectivity index (χ2n) is 11.5. The molecule has 0 fully saturated rings. The Morgan fingerprint density at radius 1 is 0.932 bits per heavy atom. The first-order valence-electron chi connectivity index (χ1n) is 14.3. The van der Waals surface area contributed by atoms with Gasteiger partial charge in [0.1, 0.15) is 17.2 Å². The van der Waals surface area contributed by atoms with E-state index in [1.807, 2.05) is 48.5 Å². The van der Waals surface area contributed by atoms with Crippen LogP contribution in [-0.4, -0.2) is 63.8 Å². The van der Waals surface area contributed by atoms with Gasteiger partial charge in [0.15, 0.2) is 11.9 Å². The lowest BCUT2D eigenvalue weighted by Crippen LogP contribution is -2.59. The van der Waals surface area contributed by atoms with Crippen molar-refractivity contribution >= 4 is 29.7 Å². The third-order valence-corrected chi connectivity index (χ3v) is 6.18. The van der Waals surface area contributed by atoms with E-state index < -0.39 is 47.1 Å². The van der Waals surface area contributed by atoms with Gasteiger partial charge in [0, 0.05) is 6.20 Å². The van der Waals surface area contributed by atoms with E-state index in [-0.39, 0.29) is 25.6 Å². The molecule has 236 valence electrons. The monoisotopic (exact) mass is 607 g/mol. The molecule has 3 N–H and O–H groups in total. The van der Waals surface area contributed by atoms with Gasteiger partial charge in [-0.05, 0) is 52.7 Å². The van der Waals surface area contributed by atoms with Crippen LogP contribution in [0, 0.1) is 0 Å². The molecule has 0 aliphatic rings. The van der Waals surface area contributed by atoms with Crippen molar-refractivity contribution in [3.63, 3.8) is 0 Å². The Morgan fingerprint density at radius 3 is 2.18 bits per heavy atom. The molecule has 0 saturated carbocycles. The molecule has 0 radical (unpaired) electrons. The molecule has 3 aromatic rings. The Labute approximate surface area is 257 Å². The number of benzene rings is 2. The summed E-state index contributed by atoms with van der Waals surface area (Å²) in [7, 11) is 0. The Morgan fingerprint density at radius 2 is 1.57 bits per heavy atom. The number of rotatable bonds is 13. The molecule has 0 aliphatic heterocycles. The molecule has 12 nitrogen and oxygen atoms in total. The number of alkyl carbamates (subject to hydrolysis) is 1. The fraction of sp³-hybridized carbons (Fsp3) is 0.406. The van der Waals surface area contributed by atoms with Crippen molar-refractivity contribution in [1.29, 1.82) is 0 Å². The minimum atomic E-state index is -1.43. The molecule has 3 amide bonds. The van der Waals surface area contributed by atoms with Crippen LogP contribution >= 0.6 is 0 Å². The van der Waals surface area contributed by atoms with E-state index in [4.69, 9.17) is 14.2 Å². The van der Waals surface area contributed by atoms with E-state index in [2.05, 4.69) is 20.9 Å². The summed E-state index contributed by atoms with van der Waals surface area (Å²) in [5, 5.41) is 7.89. The fourth-order valence-electron chi connectivity index (χ4n) is 4.05. The summed E-state index contributed by atoms with van der Waals surface area (Å²) in [6.45, 7) is 10.1. The van der Waals surface area contributed by atoms with Gasteiger partial charge in [-0.1, -0.05) is 60.7 Å². The first-order chi connectivity index (χ1) is 20.8. The minimum absolute atomic E-state index is 0.147. The number of ether oxygens (including phenoxy) is 3. The van der Waals surface area contributed by atoms with E-state index in [1.165, 1.54) is 30.9 Å². The summed E-state index contributed by atoms with van der Waals surface area (Å²) in [6, 6.07) is 16.4. The fourth-order valence-corrected chi connectivity index (χ4v) is 4.05. The largest absolute Gasteiger partial charge is 0.464 e. The number of amides is 3. The lowest BCUT2D eigenvalue weighted by atomic mass is 10.0. The van der Waals surface area contributed by atoms with Crippen molar-refractivity contribution < 1.29 is 33.4 Å². The molecule has 44 heavy (non-hydrogen) atoms. The van der Waals surface area contributed by atoms with E-state index in [1.54, 1.807) is 39.8 Å². The molecule has 0 saturated heterocycles. The van der Waals surface area contributed by atoms with Crippen LogP contribution in [-0.2, 0) is 35.2 Å². The van der Waals surface area contributed by atoms with Crippen LogP contribution in [0.3, 0.4) is 0 Å². The number of nitrogens with one attached hydrogen (secondary N) is 3. The van der Waals surface area contributed by atoms with Crippen LogP contribution in [0.1, 0.15) is 58.7 Å². The van der Waals surface area contributed by atoms with Crippen molar-refractivity contribution in [2.45, 2.75) is 71.4 Å². The molecule has 12 heteroatoms. The summed E-state index contributed by atoms with van der Waals surface area (Å²) in [4.78, 5) is 56.2. The minimum Gasteiger partial charge on any atom is -0.464 e. The van der Waals surface area contributed by atoms with Crippen LogP contribution in [0.25, 0.3) is 0 Å². The first kappa shape index (κ1) is 33.8. The Hall–Kier alpha value is -4.71. The molecule has 0 bridgehead atoms. The molecule has 2 unspecified atom stereocenters. The Kier molecular flexibility index (Phi) is 11.6. The quantitative estimate of drug-likeness (QED) is 0.247. The summed E-state index contributed by atoms with van der Waals surface area (Å²) in [5.74, 6) is -1.58. The number of imidazole rings is 1. The average Bonchev–Trinajstić information content (AvgIpc) is 3.40. The predicted molar refractivity (Wildman–Crippen MR) is 164 cm³/mol. The molecule has 2 aromatic carbocycles. The highest BCUT2D eigenvalue weighted by molar-refractivity contribution is 5.98. The summed E-state index contributed by atoms with van der Waals surface area (Å²) in [6.07, 6.45) is 2.14. The summed E-state index contributed by atoms with van der Waals surface area (Å²) >= 11 is 0. The van der Waals surface area contributed by atoms with Gasteiger partial charge in [-0.3, -0.25) is 9.59 Å². The molecule has 1 heterocycles. The smallest absolute Gasteiger partial charge is 0.408 e. The van der Waals surface area contributed by atoms with Gasteiger partial charge in [0.2, 0.25) is 5.91 Å². The summed E-state index contributed by atoms with van der Waals surface area (Å²) in [5.41, 5.74) is -0.625. The van der Waals surface area contributed by atoms with Crippen LogP contribution in [0.4, 0.5) is 10.6 Å².